The van der Waals surface area contributed by atoms with Gasteiger partial charge in [-0.3, -0.25) is 14.8 Å². The number of aliphatic hydroxyl groups excluding tert-OH is 3. The van der Waals surface area contributed by atoms with Crippen LogP contribution in [0.4, 0.5) is 0 Å². The molecule has 0 aliphatic carbocycles. The van der Waals surface area contributed by atoms with Crippen LogP contribution < -0.4 is 11.2 Å². The second kappa shape index (κ2) is 5.69. The molecule has 1 aliphatic heterocycles. The summed E-state index contributed by atoms with van der Waals surface area (Å²) >= 11 is 3.17. The van der Waals surface area contributed by atoms with Crippen molar-refractivity contribution in [1.82, 2.24) is 14.5 Å². The number of carbonyl (C=O) groups is 1. The Labute approximate surface area is 137 Å². The molecule has 2 aromatic heterocycles. The molecule has 3 rings (SSSR count). The molecule has 1 amide bonds. The number of rotatable bonds is 3. The standard InChI is InChI=1S/C12H14BrN5O5/c13-8-4(10(15)22)5-9(14)16-2-18(11(5)17-8)12-7(21)6(20)3(1-19)23-12/h2-3,6-7,12,14,17,19-21H,1H2,(H2,15,22)/t3-,6+,7-,12-/m0/s1. The minimum Gasteiger partial charge on any atom is -0.394 e. The summed E-state index contributed by atoms with van der Waals surface area (Å²) in [6.07, 6.45) is -3.38. The number of amides is 1. The zero-order valence-corrected chi connectivity index (χ0v) is 13.2. The number of nitrogens with two attached hydrogens (primary N) is 1. The van der Waals surface area contributed by atoms with Gasteiger partial charge in [0.2, 0.25) is 0 Å². The quantitative estimate of drug-likeness (QED) is 0.367. The number of aromatic amines is 1. The maximum Gasteiger partial charge on any atom is 0.252 e. The second-order valence-electron chi connectivity index (χ2n) is 5.13. The van der Waals surface area contributed by atoms with Crippen LogP contribution in [0.2, 0.25) is 0 Å². The molecular formula is C12H14BrN5O5. The Morgan fingerprint density at radius 2 is 2.22 bits per heavy atom. The number of nitrogens with zero attached hydrogens (tertiary/aromatic N) is 2. The van der Waals surface area contributed by atoms with Gasteiger partial charge in [-0.2, -0.15) is 0 Å². The molecule has 10 nitrogen and oxygen atoms in total. The van der Waals surface area contributed by atoms with Crippen LogP contribution in [0.3, 0.4) is 0 Å². The summed E-state index contributed by atoms with van der Waals surface area (Å²) in [5.74, 6) is -0.752. The number of primary amides is 1. The lowest BCUT2D eigenvalue weighted by Gasteiger charge is -2.19. The van der Waals surface area contributed by atoms with E-state index in [0.29, 0.717) is 0 Å². The highest BCUT2D eigenvalue weighted by atomic mass is 79.9. The van der Waals surface area contributed by atoms with Crippen molar-refractivity contribution in [2.75, 3.05) is 6.61 Å². The van der Waals surface area contributed by atoms with Gasteiger partial charge in [-0.1, -0.05) is 0 Å². The number of H-pyrrole nitrogens is 1. The molecule has 124 valence electrons. The Morgan fingerprint density at radius 1 is 1.52 bits per heavy atom. The van der Waals surface area contributed by atoms with Gasteiger partial charge >= 0.3 is 0 Å². The molecule has 0 bridgehead atoms. The highest BCUT2D eigenvalue weighted by Gasteiger charge is 2.43. The van der Waals surface area contributed by atoms with E-state index < -0.39 is 37.1 Å². The molecule has 3 heterocycles. The fraction of sp³-hybridized carbons (Fsp3) is 0.417. The van der Waals surface area contributed by atoms with E-state index in [4.69, 9.17) is 21.0 Å². The van der Waals surface area contributed by atoms with Crippen LogP contribution in [0.15, 0.2) is 10.9 Å². The van der Waals surface area contributed by atoms with Crippen molar-refractivity contribution in [2.45, 2.75) is 24.5 Å². The monoisotopic (exact) mass is 387 g/mol. The third-order valence-electron chi connectivity index (χ3n) is 3.78. The second-order valence-corrected chi connectivity index (χ2v) is 5.92. The summed E-state index contributed by atoms with van der Waals surface area (Å²) in [4.78, 5) is 18.3. The third-order valence-corrected chi connectivity index (χ3v) is 4.37. The van der Waals surface area contributed by atoms with Crippen LogP contribution in [-0.4, -0.2) is 60.7 Å². The van der Waals surface area contributed by atoms with Crippen LogP contribution in [0, 0.1) is 5.41 Å². The van der Waals surface area contributed by atoms with Gasteiger partial charge in [0.1, 0.15) is 30.3 Å². The first-order chi connectivity index (χ1) is 10.9. The van der Waals surface area contributed by atoms with Crippen molar-refractivity contribution in [3.8, 4) is 0 Å². The van der Waals surface area contributed by atoms with Gasteiger partial charge in [0, 0.05) is 0 Å². The van der Waals surface area contributed by atoms with Gasteiger partial charge in [0.25, 0.3) is 5.91 Å². The molecule has 1 saturated heterocycles. The van der Waals surface area contributed by atoms with E-state index in [1.807, 2.05) is 0 Å². The molecule has 11 heteroatoms. The van der Waals surface area contributed by atoms with E-state index in [0.717, 1.165) is 0 Å². The lowest BCUT2D eigenvalue weighted by Crippen LogP contribution is -2.33. The van der Waals surface area contributed by atoms with Gasteiger partial charge in [-0.25, -0.2) is 4.98 Å². The van der Waals surface area contributed by atoms with Crippen molar-refractivity contribution in [1.29, 1.82) is 5.41 Å². The number of hydrogen-bond donors (Lipinski definition) is 6. The predicted molar refractivity (Wildman–Crippen MR) is 79.2 cm³/mol. The molecular weight excluding hydrogens is 374 g/mol. The van der Waals surface area contributed by atoms with Crippen LogP contribution in [0.1, 0.15) is 16.6 Å². The lowest BCUT2D eigenvalue weighted by molar-refractivity contribution is -0.0515. The summed E-state index contributed by atoms with van der Waals surface area (Å²) in [5.41, 5.74) is 5.46. The van der Waals surface area contributed by atoms with Gasteiger partial charge in [0.05, 0.1) is 22.2 Å². The Morgan fingerprint density at radius 3 is 2.78 bits per heavy atom. The summed E-state index contributed by atoms with van der Waals surface area (Å²) < 4.78 is 7.05. The highest BCUT2D eigenvalue weighted by Crippen LogP contribution is 2.32. The maximum atomic E-state index is 11.6. The summed E-state index contributed by atoms with van der Waals surface area (Å²) in [6, 6.07) is 0. The van der Waals surface area contributed by atoms with Crippen molar-refractivity contribution >= 4 is 32.9 Å². The molecule has 2 aromatic rings. The molecule has 23 heavy (non-hydrogen) atoms. The molecule has 0 spiro atoms. The van der Waals surface area contributed by atoms with E-state index in [-0.39, 0.29) is 26.7 Å². The first-order valence-electron chi connectivity index (χ1n) is 6.62. The smallest absolute Gasteiger partial charge is 0.252 e. The predicted octanol–water partition coefficient (Wildman–Crippen LogP) is -1.68. The minimum atomic E-state index is -1.32. The summed E-state index contributed by atoms with van der Waals surface area (Å²) in [7, 11) is 0. The van der Waals surface area contributed by atoms with Gasteiger partial charge < -0.3 is 30.8 Å². The number of aromatic nitrogens is 3. The topological polar surface area (TPSA) is 170 Å². The number of halogens is 1. The Hall–Kier alpha value is -1.79. The molecule has 0 saturated carbocycles. The van der Waals surface area contributed by atoms with Crippen LogP contribution in [0.5, 0.6) is 0 Å². The van der Waals surface area contributed by atoms with Crippen molar-refractivity contribution in [2.24, 2.45) is 5.73 Å². The Bertz CT molecular complexity index is 833. The molecule has 1 fully saturated rings. The van der Waals surface area contributed by atoms with Crippen LogP contribution >= 0.6 is 15.9 Å². The molecule has 0 unspecified atom stereocenters. The average Bonchev–Trinajstić information content (AvgIpc) is 2.99. The first kappa shape index (κ1) is 16.1. The molecule has 7 N–H and O–H groups in total. The number of ether oxygens (including phenoxy) is 1. The third kappa shape index (κ3) is 2.37. The van der Waals surface area contributed by atoms with E-state index in [9.17, 15) is 15.0 Å². The number of hydrogen-bond acceptors (Lipinski definition) is 7. The zero-order valence-electron chi connectivity index (χ0n) is 11.6. The molecule has 0 aromatic carbocycles. The average molecular weight is 388 g/mol. The van der Waals surface area contributed by atoms with Crippen LogP contribution in [-0.2, 0) is 4.74 Å². The molecule has 4 atom stereocenters. The van der Waals surface area contributed by atoms with Crippen molar-refractivity contribution < 1.29 is 24.9 Å². The molecule has 1 aliphatic rings. The van der Waals surface area contributed by atoms with E-state index in [1.165, 1.54) is 10.9 Å². The van der Waals surface area contributed by atoms with Crippen molar-refractivity contribution in [3.05, 3.63) is 22.0 Å². The molecule has 0 radical (unpaired) electrons. The lowest BCUT2D eigenvalue weighted by atomic mass is 10.1. The number of carbonyl (C=O) groups excluding carboxylic acids is 1. The fourth-order valence-corrected chi connectivity index (χ4v) is 3.24. The van der Waals surface area contributed by atoms with Crippen molar-refractivity contribution in [3.63, 3.8) is 0 Å². The fourth-order valence-electron chi connectivity index (χ4n) is 2.66. The number of aliphatic hydroxyl groups is 3. The summed E-state index contributed by atoms with van der Waals surface area (Å²) in [5, 5.41) is 37.2. The van der Waals surface area contributed by atoms with E-state index in [2.05, 4.69) is 25.9 Å². The van der Waals surface area contributed by atoms with E-state index in [1.54, 1.807) is 0 Å². The number of nitrogens with one attached hydrogen (secondary N) is 2. The van der Waals surface area contributed by atoms with Gasteiger partial charge in [-0.05, 0) is 15.9 Å². The Kier molecular flexibility index (Phi) is 3.98. The zero-order chi connectivity index (χ0) is 16.9. The SMILES string of the molecule is N=c1ncn([C@H]2O[C@@H](CO)[C@@H](O)[C@@H]2O)c2[nH]c(Br)c(C(N)=O)c12. The van der Waals surface area contributed by atoms with Crippen LogP contribution in [0.25, 0.3) is 11.0 Å². The van der Waals surface area contributed by atoms with Gasteiger partial charge in [0.15, 0.2) is 11.7 Å². The maximum absolute atomic E-state index is 11.6. The Balaban J connectivity index is 2.21. The number of fused-ring (bicyclic) bond motifs is 1. The summed E-state index contributed by atoms with van der Waals surface area (Å²) in [6.45, 7) is -0.469. The minimum absolute atomic E-state index is 0.0543. The highest BCUT2D eigenvalue weighted by molar-refractivity contribution is 9.10. The van der Waals surface area contributed by atoms with Gasteiger partial charge in [-0.15, -0.1) is 0 Å². The first-order valence-corrected chi connectivity index (χ1v) is 7.41. The normalized spacial score (nSPS) is 27.7. The largest absolute Gasteiger partial charge is 0.394 e. The van der Waals surface area contributed by atoms with E-state index >= 15 is 0 Å².